The van der Waals surface area contributed by atoms with E-state index in [1.807, 2.05) is 0 Å². The molecule has 1 aromatic carbocycles. The fraction of sp³-hybridized carbons (Fsp3) is 0.538. The number of benzene rings is 1. The number of aromatic hydroxyl groups is 1. The second-order valence-electron chi connectivity index (χ2n) is 5.30. The van der Waals surface area contributed by atoms with Crippen molar-refractivity contribution in [1.82, 2.24) is 9.62 Å². The lowest BCUT2D eigenvalue weighted by Crippen LogP contribution is -2.37. The van der Waals surface area contributed by atoms with E-state index in [1.54, 1.807) is 12.1 Å². The van der Waals surface area contributed by atoms with Gasteiger partial charge in [-0.2, -0.15) is 0 Å². The van der Waals surface area contributed by atoms with Crippen LogP contribution in [0.4, 0.5) is 0 Å². The lowest BCUT2D eigenvalue weighted by atomic mass is 10.3. The molecular weight excluding hydrogens is 264 g/mol. The van der Waals surface area contributed by atoms with Crippen molar-refractivity contribution < 1.29 is 13.5 Å². The van der Waals surface area contributed by atoms with Crippen LogP contribution in [0.3, 0.4) is 0 Å². The Morgan fingerprint density at radius 1 is 1.21 bits per heavy atom. The van der Waals surface area contributed by atoms with Gasteiger partial charge in [-0.1, -0.05) is 12.1 Å². The Hall–Kier alpha value is -1.11. The third kappa shape index (κ3) is 2.75. The number of hydrogen-bond donors (Lipinski definition) is 2. The van der Waals surface area contributed by atoms with Gasteiger partial charge in [-0.3, -0.25) is 4.90 Å². The molecule has 0 aromatic heterocycles. The first kappa shape index (κ1) is 12.9. The largest absolute Gasteiger partial charge is 0.507 e. The maximum atomic E-state index is 12.2. The van der Waals surface area contributed by atoms with E-state index in [0.29, 0.717) is 6.04 Å². The number of hydrogen-bond acceptors (Lipinski definition) is 4. The molecule has 19 heavy (non-hydrogen) atoms. The summed E-state index contributed by atoms with van der Waals surface area (Å²) < 4.78 is 27.1. The quantitative estimate of drug-likeness (QED) is 0.861. The molecule has 0 bridgehead atoms. The molecule has 1 unspecified atom stereocenters. The standard InChI is InChI=1S/C13H18N2O3S/c16-12-3-1-2-4-13(12)19(17,18)14-10-7-8-15(9-10)11-5-6-11/h1-4,10-11,14,16H,5-9H2. The number of phenols is 1. The van der Waals surface area contributed by atoms with Crippen LogP contribution < -0.4 is 4.72 Å². The number of nitrogens with zero attached hydrogens (tertiary/aromatic N) is 1. The molecule has 0 spiro atoms. The maximum absolute atomic E-state index is 12.2. The first-order valence-electron chi connectivity index (χ1n) is 6.60. The Kier molecular flexibility index (Phi) is 3.24. The van der Waals surface area contributed by atoms with Gasteiger partial charge in [-0.05, 0) is 31.4 Å². The smallest absolute Gasteiger partial charge is 0.244 e. The zero-order valence-electron chi connectivity index (χ0n) is 10.6. The minimum atomic E-state index is -3.63. The number of para-hydroxylation sites is 1. The lowest BCUT2D eigenvalue weighted by Gasteiger charge is -2.16. The summed E-state index contributed by atoms with van der Waals surface area (Å²) in [6.45, 7) is 1.73. The molecule has 2 fully saturated rings. The van der Waals surface area contributed by atoms with Crippen molar-refractivity contribution >= 4 is 10.0 Å². The SMILES string of the molecule is O=S(=O)(NC1CCN(C2CC2)C1)c1ccccc1O. The highest BCUT2D eigenvalue weighted by Crippen LogP contribution is 2.30. The van der Waals surface area contributed by atoms with Gasteiger partial charge in [-0.15, -0.1) is 0 Å². The summed E-state index contributed by atoms with van der Waals surface area (Å²) in [5.41, 5.74) is 0. The van der Waals surface area contributed by atoms with Crippen molar-refractivity contribution in [3.63, 3.8) is 0 Å². The normalized spacial score (nSPS) is 24.7. The Labute approximate surface area is 113 Å². The molecule has 2 N–H and O–H groups in total. The third-order valence-electron chi connectivity index (χ3n) is 3.76. The van der Waals surface area contributed by atoms with Crippen LogP contribution in [-0.2, 0) is 10.0 Å². The highest BCUT2D eigenvalue weighted by Gasteiger charge is 2.36. The van der Waals surface area contributed by atoms with Crippen molar-refractivity contribution in [3.05, 3.63) is 24.3 Å². The molecule has 1 saturated heterocycles. The Morgan fingerprint density at radius 2 is 1.95 bits per heavy atom. The maximum Gasteiger partial charge on any atom is 0.244 e. The average molecular weight is 282 g/mol. The van der Waals surface area contributed by atoms with Gasteiger partial charge in [0.15, 0.2) is 0 Å². The van der Waals surface area contributed by atoms with E-state index in [0.717, 1.165) is 19.5 Å². The van der Waals surface area contributed by atoms with Crippen LogP contribution in [0.5, 0.6) is 5.75 Å². The molecule has 5 nitrogen and oxygen atoms in total. The first-order valence-corrected chi connectivity index (χ1v) is 8.09. The molecule has 1 aromatic rings. The minimum Gasteiger partial charge on any atom is -0.507 e. The predicted octanol–water partition coefficient (Wildman–Crippen LogP) is 0.907. The molecule has 3 rings (SSSR count). The van der Waals surface area contributed by atoms with E-state index in [-0.39, 0.29) is 16.7 Å². The molecule has 1 aliphatic carbocycles. The van der Waals surface area contributed by atoms with E-state index in [4.69, 9.17) is 0 Å². The van der Waals surface area contributed by atoms with Crippen LogP contribution in [0, 0.1) is 0 Å². The summed E-state index contributed by atoms with van der Waals surface area (Å²) in [6, 6.07) is 6.65. The summed E-state index contributed by atoms with van der Waals surface area (Å²) in [5, 5.41) is 9.64. The van der Waals surface area contributed by atoms with Crippen LogP contribution in [0.15, 0.2) is 29.2 Å². The number of likely N-dealkylation sites (tertiary alicyclic amines) is 1. The van der Waals surface area contributed by atoms with Gasteiger partial charge < -0.3 is 5.11 Å². The monoisotopic (exact) mass is 282 g/mol. The van der Waals surface area contributed by atoms with E-state index in [1.165, 1.54) is 25.0 Å². The summed E-state index contributed by atoms with van der Waals surface area (Å²) in [7, 11) is -3.63. The lowest BCUT2D eigenvalue weighted by molar-refractivity contribution is 0.322. The van der Waals surface area contributed by atoms with Crippen molar-refractivity contribution in [3.8, 4) is 5.75 Å². The number of rotatable bonds is 4. The first-order chi connectivity index (χ1) is 9.06. The molecular formula is C13H18N2O3S. The molecule has 1 heterocycles. The topological polar surface area (TPSA) is 69.6 Å². The number of nitrogens with one attached hydrogen (secondary N) is 1. The number of phenolic OH excluding ortho intramolecular Hbond substituents is 1. The van der Waals surface area contributed by atoms with Crippen LogP contribution in [0.1, 0.15) is 19.3 Å². The van der Waals surface area contributed by atoms with Crippen LogP contribution in [-0.4, -0.2) is 43.6 Å². The highest BCUT2D eigenvalue weighted by atomic mass is 32.2. The van der Waals surface area contributed by atoms with Crippen LogP contribution in [0.25, 0.3) is 0 Å². The summed E-state index contributed by atoms with van der Waals surface area (Å²) >= 11 is 0. The molecule has 6 heteroatoms. The van der Waals surface area contributed by atoms with E-state index >= 15 is 0 Å². The second-order valence-corrected chi connectivity index (χ2v) is 6.98. The Morgan fingerprint density at radius 3 is 2.63 bits per heavy atom. The third-order valence-corrected chi connectivity index (χ3v) is 5.33. The molecule has 0 amide bonds. The fourth-order valence-corrected chi connectivity index (χ4v) is 3.98. The highest BCUT2D eigenvalue weighted by molar-refractivity contribution is 7.89. The van der Waals surface area contributed by atoms with Crippen molar-refractivity contribution in [1.29, 1.82) is 0 Å². The molecule has 1 saturated carbocycles. The average Bonchev–Trinajstić information content (AvgIpc) is 3.11. The minimum absolute atomic E-state index is 0.0418. The van der Waals surface area contributed by atoms with Gasteiger partial charge >= 0.3 is 0 Å². The van der Waals surface area contributed by atoms with E-state index in [9.17, 15) is 13.5 Å². The Balaban J connectivity index is 1.70. The van der Waals surface area contributed by atoms with Gasteiger partial charge in [-0.25, -0.2) is 13.1 Å². The van der Waals surface area contributed by atoms with Gasteiger partial charge in [0.25, 0.3) is 0 Å². The van der Waals surface area contributed by atoms with Gasteiger partial charge in [0.05, 0.1) is 0 Å². The molecule has 2 aliphatic rings. The van der Waals surface area contributed by atoms with E-state index < -0.39 is 10.0 Å². The Bertz CT molecular complexity index is 569. The van der Waals surface area contributed by atoms with Crippen molar-refractivity contribution in [2.45, 2.75) is 36.2 Å². The molecule has 104 valence electrons. The van der Waals surface area contributed by atoms with Crippen molar-refractivity contribution in [2.24, 2.45) is 0 Å². The molecule has 1 aliphatic heterocycles. The second kappa shape index (κ2) is 4.77. The van der Waals surface area contributed by atoms with Crippen LogP contribution in [0.2, 0.25) is 0 Å². The summed E-state index contributed by atoms with van der Waals surface area (Å²) in [5.74, 6) is -0.202. The molecule has 0 radical (unpaired) electrons. The zero-order valence-corrected chi connectivity index (χ0v) is 11.4. The predicted molar refractivity (Wildman–Crippen MR) is 71.4 cm³/mol. The van der Waals surface area contributed by atoms with Gasteiger partial charge in [0.2, 0.25) is 10.0 Å². The molecule has 1 atom stereocenters. The van der Waals surface area contributed by atoms with Crippen LogP contribution >= 0.6 is 0 Å². The van der Waals surface area contributed by atoms with E-state index in [2.05, 4.69) is 9.62 Å². The number of sulfonamides is 1. The fourth-order valence-electron chi connectivity index (χ4n) is 2.62. The van der Waals surface area contributed by atoms with Crippen molar-refractivity contribution in [2.75, 3.05) is 13.1 Å². The summed E-state index contributed by atoms with van der Waals surface area (Å²) in [4.78, 5) is 2.30. The zero-order chi connectivity index (χ0) is 13.5. The summed E-state index contributed by atoms with van der Waals surface area (Å²) in [6.07, 6.45) is 3.31. The van der Waals surface area contributed by atoms with Gasteiger partial charge in [0, 0.05) is 25.2 Å². The van der Waals surface area contributed by atoms with Gasteiger partial charge in [0.1, 0.15) is 10.6 Å².